The van der Waals surface area contributed by atoms with Crippen molar-refractivity contribution in [1.29, 1.82) is 5.26 Å². The van der Waals surface area contributed by atoms with Crippen molar-refractivity contribution < 1.29 is 14.5 Å². The van der Waals surface area contributed by atoms with E-state index in [0.717, 1.165) is 0 Å². The second-order valence-corrected chi connectivity index (χ2v) is 3.34. The van der Waals surface area contributed by atoms with Crippen LogP contribution in [0.15, 0.2) is 18.2 Å². The summed E-state index contributed by atoms with van der Waals surface area (Å²) in [6.07, 6.45) is 0. The lowest BCUT2D eigenvalue weighted by Crippen LogP contribution is -2.39. The topological polar surface area (TPSA) is 96.5 Å². The number of anilines is 1. The molecule has 7 heteroatoms. The van der Waals surface area contributed by atoms with Gasteiger partial charge in [0.25, 0.3) is 11.6 Å². The van der Waals surface area contributed by atoms with E-state index in [2.05, 4.69) is 0 Å². The third-order valence-corrected chi connectivity index (χ3v) is 2.33. The minimum atomic E-state index is -0.566. The zero-order valence-electron chi connectivity index (χ0n) is 8.62. The molecule has 0 aromatic heterocycles. The Hall–Kier alpha value is -2.62. The molecule has 1 amide bonds. The van der Waals surface area contributed by atoms with Gasteiger partial charge >= 0.3 is 0 Å². The number of benzene rings is 1. The molecule has 86 valence electrons. The van der Waals surface area contributed by atoms with Gasteiger partial charge in [0.05, 0.1) is 16.7 Å². The molecule has 0 radical (unpaired) electrons. The summed E-state index contributed by atoms with van der Waals surface area (Å²) < 4.78 is 5.12. The number of hydrogen-bond acceptors (Lipinski definition) is 5. The maximum Gasteiger partial charge on any atom is 0.271 e. The van der Waals surface area contributed by atoms with Gasteiger partial charge in [-0.2, -0.15) is 5.26 Å². The molecule has 0 unspecified atom stereocenters. The zero-order valence-corrected chi connectivity index (χ0v) is 8.62. The minimum absolute atomic E-state index is 0.148. The Balaban J connectivity index is 2.49. The van der Waals surface area contributed by atoms with Crippen LogP contribution in [-0.4, -0.2) is 24.0 Å². The van der Waals surface area contributed by atoms with E-state index in [-0.39, 0.29) is 30.4 Å². The molecule has 1 aliphatic rings. The van der Waals surface area contributed by atoms with Crippen LogP contribution in [0, 0.1) is 21.4 Å². The van der Waals surface area contributed by atoms with Crippen LogP contribution in [0.25, 0.3) is 0 Å². The van der Waals surface area contributed by atoms with Crippen LogP contribution in [0.3, 0.4) is 0 Å². The number of carbonyl (C=O) groups is 1. The summed E-state index contributed by atoms with van der Waals surface area (Å²) in [6.45, 7) is -0.317. The Morgan fingerprint density at radius 3 is 3.00 bits per heavy atom. The monoisotopic (exact) mass is 233 g/mol. The molecule has 2 rings (SSSR count). The van der Waals surface area contributed by atoms with Crippen LogP contribution < -0.4 is 9.64 Å². The number of rotatable bonds is 2. The molecule has 1 aliphatic heterocycles. The van der Waals surface area contributed by atoms with Gasteiger partial charge in [0.2, 0.25) is 0 Å². The van der Waals surface area contributed by atoms with E-state index in [4.69, 9.17) is 10.00 Å². The van der Waals surface area contributed by atoms with Crippen molar-refractivity contribution >= 4 is 17.3 Å². The Morgan fingerprint density at radius 1 is 1.59 bits per heavy atom. The third kappa shape index (κ3) is 1.88. The standard InChI is InChI=1S/C10H7N3O4/c11-3-4-12-8-5-7(13(15)16)1-2-9(8)17-6-10(12)14/h1-2,5H,4,6H2. The summed E-state index contributed by atoms with van der Waals surface area (Å²) in [4.78, 5) is 22.7. The fourth-order valence-corrected chi connectivity index (χ4v) is 1.55. The molecule has 7 nitrogen and oxygen atoms in total. The molecule has 0 N–H and O–H groups in total. The predicted octanol–water partition coefficient (Wildman–Crippen LogP) is 0.844. The zero-order chi connectivity index (χ0) is 12.4. The van der Waals surface area contributed by atoms with Crippen molar-refractivity contribution in [3.63, 3.8) is 0 Å². The summed E-state index contributed by atoms with van der Waals surface area (Å²) >= 11 is 0. The van der Waals surface area contributed by atoms with E-state index in [9.17, 15) is 14.9 Å². The SMILES string of the molecule is N#CCN1C(=O)COc2ccc([N+](=O)[O-])cc21. The Labute approximate surface area is 96.0 Å². The molecular weight excluding hydrogens is 226 g/mol. The first-order chi connectivity index (χ1) is 8.13. The van der Waals surface area contributed by atoms with Crippen molar-refractivity contribution in [2.75, 3.05) is 18.1 Å². The van der Waals surface area contributed by atoms with Crippen LogP contribution in [0.1, 0.15) is 0 Å². The summed E-state index contributed by atoms with van der Waals surface area (Å²) in [7, 11) is 0. The highest BCUT2D eigenvalue weighted by atomic mass is 16.6. The summed E-state index contributed by atoms with van der Waals surface area (Å²) in [5.74, 6) is -0.0232. The van der Waals surface area contributed by atoms with E-state index in [0.29, 0.717) is 5.75 Å². The Kier molecular flexibility index (Phi) is 2.62. The number of hydrogen-bond donors (Lipinski definition) is 0. The van der Waals surface area contributed by atoms with Gasteiger partial charge < -0.3 is 4.74 Å². The number of non-ortho nitro benzene ring substituents is 1. The van der Waals surface area contributed by atoms with E-state index in [1.807, 2.05) is 6.07 Å². The molecule has 1 aromatic rings. The Morgan fingerprint density at radius 2 is 2.35 bits per heavy atom. The smallest absolute Gasteiger partial charge is 0.271 e. The molecule has 0 aliphatic carbocycles. The fourth-order valence-electron chi connectivity index (χ4n) is 1.55. The highest BCUT2D eigenvalue weighted by Gasteiger charge is 2.27. The van der Waals surface area contributed by atoms with Crippen LogP contribution in [0.4, 0.5) is 11.4 Å². The molecule has 1 aromatic carbocycles. The summed E-state index contributed by atoms with van der Waals surface area (Å²) in [5.41, 5.74) is 0.113. The number of amides is 1. The van der Waals surface area contributed by atoms with Crippen molar-refractivity contribution in [3.05, 3.63) is 28.3 Å². The molecule has 0 atom stereocenters. The molecule has 17 heavy (non-hydrogen) atoms. The average Bonchev–Trinajstić information content (AvgIpc) is 2.32. The first-order valence-corrected chi connectivity index (χ1v) is 4.72. The van der Waals surface area contributed by atoms with Gasteiger partial charge in [0.1, 0.15) is 12.3 Å². The maximum absolute atomic E-state index is 11.5. The largest absolute Gasteiger partial charge is 0.482 e. The van der Waals surface area contributed by atoms with Crippen LogP contribution in [-0.2, 0) is 4.79 Å². The van der Waals surface area contributed by atoms with E-state index < -0.39 is 4.92 Å². The molecule has 1 heterocycles. The fraction of sp³-hybridized carbons (Fsp3) is 0.200. The lowest BCUT2D eigenvalue weighted by molar-refractivity contribution is -0.384. The van der Waals surface area contributed by atoms with Crippen LogP contribution >= 0.6 is 0 Å². The van der Waals surface area contributed by atoms with Crippen molar-refractivity contribution in [3.8, 4) is 11.8 Å². The highest BCUT2D eigenvalue weighted by molar-refractivity contribution is 5.98. The summed E-state index contributed by atoms with van der Waals surface area (Å²) in [5, 5.41) is 19.3. The number of nitro groups is 1. The van der Waals surface area contributed by atoms with Crippen LogP contribution in [0.2, 0.25) is 0 Å². The molecule has 0 saturated heterocycles. The van der Waals surface area contributed by atoms with E-state index in [1.54, 1.807) is 0 Å². The second-order valence-electron chi connectivity index (χ2n) is 3.34. The Bertz CT molecular complexity index is 535. The summed E-state index contributed by atoms with van der Waals surface area (Å²) in [6, 6.07) is 5.77. The normalized spacial score (nSPS) is 13.6. The van der Waals surface area contributed by atoms with Gasteiger partial charge in [-0.3, -0.25) is 19.8 Å². The quantitative estimate of drug-likeness (QED) is 0.428. The molecule has 0 saturated carbocycles. The molecule has 0 bridgehead atoms. The van der Waals surface area contributed by atoms with Crippen molar-refractivity contribution in [2.24, 2.45) is 0 Å². The number of nitrogens with zero attached hydrogens (tertiary/aromatic N) is 3. The number of ether oxygens (including phenoxy) is 1. The van der Waals surface area contributed by atoms with Gasteiger partial charge in [-0.15, -0.1) is 0 Å². The highest BCUT2D eigenvalue weighted by Crippen LogP contribution is 2.34. The van der Waals surface area contributed by atoms with Gasteiger partial charge in [-0.25, -0.2) is 0 Å². The molecular formula is C10H7N3O4. The first-order valence-electron chi connectivity index (χ1n) is 4.72. The number of nitro benzene ring substituents is 1. The maximum atomic E-state index is 11.5. The van der Waals surface area contributed by atoms with Gasteiger partial charge in [0.15, 0.2) is 6.61 Å². The second kappa shape index (κ2) is 4.09. The van der Waals surface area contributed by atoms with Crippen molar-refractivity contribution in [2.45, 2.75) is 0 Å². The third-order valence-electron chi connectivity index (χ3n) is 2.33. The van der Waals surface area contributed by atoms with E-state index >= 15 is 0 Å². The lowest BCUT2D eigenvalue weighted by Gasteiger charge is -2.26. The van der Waals surface area contributed by atoms with Gasteiger partial charge in [-0.1, -0.05) is 0 Å². The lowest BCUT2D eigenvalue weighted by atomic mass is 10.2. The minimum Gasteiger partial charge on any atom is -0.482 e. The number of fused-ring (bicyclic) bond motifs is 1. The van der Waals surface area contributed by atoms with Gasteiger partial charge in [0, 0.05) is 12.1 Å². The first kappa shape index (κ1) is 10.9. The number of carbonyl (C=O) groups excluding carboxylic acids is 1. The number of nitriles is 1. The van der Waals surface area contributed by atoms with Crippen molar-refractivity contribution in [1.82, 2.24) is 0 Å². The van der Waals surface area contributed by atoms with Crippen LogP contribution in [0.5, 0.6) is 5.75 Å². The van der Waals surface area contributed by atoms with E-state index in [1.165, 1.54) is 23.1 Å². The molecule has 0 fully saturated rings. The van der Waals surface area contributed by atoms with Gasteiger partial charge in [-0.05, 0) is 6.07 Å². The molecule has 0 spiro atoms. The average molecular weight is 233 g/mol. The predicted molar refractivity (Wildman–Crippen MR) is 56.6 cm³/mol.